The van der Waals surface area contributed by atoms with Gasteiger partial charge in [-0.15, -0.1) is 0 Å². The topological polar surface area (TPSA) is 20.3 Å². The van der Waals surface area contributed by atoms with Crippen LogP contribution >= 0.6 is 15.9 Å². The van der Waals surface area contributed by atoms with E-state index in [-0.39, 0.29) is 11.8 Å². The van der Waals surface area contributed by atoms with Gasteiger partial charge in [-0.3, -0.25) is 4.79 Å². The Morgan fingerprint density at radius 2 is 2.46 bits per heavy atom. The van der Waals surface area contributed by atoms with Crippen molar-refractivity contribution in [3.63, 3.8) is 0 Å². The second-order valence-corrected chi connectivity index (χ2v) is 3.84. The molecule has 1 saturated heterocycles. The van der Waals surface area contributed by atoms with Gasteiger partial charge in [0.2, 0.25) is 5.91 Å². The summed E-state index contributed by atoms with van der Waals surface area (Å²) in [4.78, 5) is 16.1. The van der Waals surface area contributed by atoms with Crippen molar-refractivity contribution in [3.8, 4) is 10.8 Å². The minimum absolute atomic E-state index is 0.223. The van der Waals surface area contributed by atoms with E-state index in [0.29, 0.717) is 12.5 Å². The van der Waals surface area contributed by atoms with E-state index in [1.54, 1.807) is 0 Å². The summed E-state index contributed by atoms with van der Waals surface area (Å²) in [5, 5.41) is 0. The summed E-state index contributed by atoms with van der Waals surface area (Å²) in [7, 11) is 0. The van der Waals surface area contributed by atoms with Crippen LogP contribution in [0, 0.1) is 16.7 Å². The SMILES string of the molecule is CC[C@H](C)N1CC(C#CBr)CC1=O. The van der Waals surface area contributed by atoms with Gasteiger partial charge in [-0.2, -0.15) is 0 Å². The number of amides is 1. The highest BCUT2D eigenvalue weighted by atomic mass is 79.9. The second-order valence-electron chi connectivity index (χ2n) is 3.44. The summed E-state index contributed by atoms with van der Waals surface area (Å²) in [5.74, 6) is 3.46. The maximum Gasteiger partial charge on any atom is 0.224 e. The lowest BCUT2D eigenvalue weighted by Gasteiger charge is -2.22. The van der Waals surface area contributed by atoms with Gasteiger partial charge in [0.1, 0.15) is 0 Å². The number of rotatable bonds is 2. The van der Waals surface area contributed by atoms with Crippen molar-refractivity contribution in [2.45, 2.75) is 32.7 Å². The molecule has 1 aliphatic heterocycles. The van der Waals surface area contributed by atoms with Crippen molar-refractivity contribution in [2.75, 3.05) is 6.54 Å². The van der Waals surface area contributed by atoms with Gasteiger partial charge in [-0.05, 0) is 18.2 Å². The molecule has 1 amide bonds. The van der Waals surface area contributed by atoms with Crippen molar-refractivity contribution >= 4 is 21.8 Å². The monoisotopic (exact) mass is 243 g/mol. The van der Waals surface area contributed by atoms with Crippen LogP contribution < -0.4 is 0 Å². The highest BCUT2D eigenvalue weighted by Gasteiger charge is 2.30. The molecule has 72 valence electrons. The lowest BCUT2D eigenvalue weighted by Crippen LogP contribution is -2.33. The van der Waals surface area contributed by atoms with Crippen LogP contribution in [0.4, 0.5) is 0 Å². The van der Waals surface area contributed by atoms with Gasteiger partial charge >= 0.3 is 0 Å². The van der Waals surface area contributed by atoms with E-state index in [9.17, 15) is 4.79 Å². The van der Waals surface area contributed by atoms with E-state index in [1.807, 2.05) is 4.90 Å². The van der Waals surface area contributed by atoms with E-state index in [0.717, 1.165) is 13.0 Å². The fraction of sp³-hybridized carbons (Fsp3) is 0.700. The molecule has 1 heterocycles. The Labute approximate surface area is 87.8 Å². The maximum absolute atomic E-state index is 11.5. The Morgan fingerprint density at radius 3 is 3.00 bits per heavy atom. The number of halogens is 1. The van der Waals surface area contributed by atoms with E-state index in [2.05, 4.69) is 40.5 Å². The zero-order valence-corrected chi connectivity index (χ0v) is 9.60. The molecule has 0 saturated carbocycles. The third-order valence-electron chi connectivity index (χ3n) is 2.54. The van der Waals surface area contributed by atoms with E-state index >= 15 is 0 Å². The summed E-state index contributed by atoms with van der Waals surface area (Å²) in [6, 6.07) is 0.356. The van der Waals surface area contributed by atoms with Crippen LogP contribution in [0.3, 0.4) is 0 Å². The first-order valence-electron chi connectivity index (χ1n) is 4.59. The highest BCUT2D eigenvalue weighted by molar-refractivity contribution is 9.12. The third kappa shape index (κ3) is 2.47. The fourth-order valence-corrected chi connectivity index (χ4v) is 1.88. The molecule has 0 aromatic carbocycles. The first kappa shape index (κ1) is 10.6. The van der Waals surface area contributed by atoms with Crippen molar-refractivity contribution in [1.82, 2.24) is 4.90 Å². The van der Waals surface area contributed by atoms with Gasteiger partial charge in [0, 0.05) is 40.9 Å². The van der Waals surface area contributed by atoms with Crippen molar-refractivity contribution in [1.29, 1.82) is 0 Å². The molecule has 0 aromatic rings. The molecule has 2 atom stereocenters. The number of nitrogens with zero attached hydrogens (tertiary/aromatic N) is 1. The van der Waals surface area contributed by atoms with Crippen molar-refractivity contribution in [2.24, 2.45) is 5.92 Å². The molecule has 13 heavy (non-hydrogen) atoms. The van der Waals surface area contributed by atoms with Gasteiger partial charge in [0.25, 0.3) is 0 Å². The number of carbonyl (C=O) groups excluding carboxylic acids is 1. The number of carbonyl (C=O) groups is 1. The molecule has 1 unspecified atom stereocenters. The Hall–Kier alpha value is -0.490. The maximum atomic E-state index is 11.5. The summed E-state index contributed by atoms with van der Waals surface area (Å²) in [5.41, 5.74) is 0. The van der Waals surface area contributed by atoms with Crippen LogP contribution in [0.15, 0.2) is 0 Å². The quantitative estimate of drug-likeness (QED) is 0.680. The molecule has 0 aromatic heterocycles. The van der Waals surface area contributed by atoms with Crippen molar-refractivity contribution in [3.05, 3.63) is 0 Å². The Kier molecular flexibility index (Phi) is 3.80. The molecule has 0 spiro atoms. The van der Waals surface area contributed by atoms with Crippen LogP contribution in [0.5, 0.6) is 0 Å². The van der Waals surface area contributed by atoms with E-state index < -0.39 is 0 Å². The molecule has 0 aliphatic carbocycles. The molecule has 0 bridgehead atoms. The molecule has 2 nitrogen and oxygen atoms in total. The lowest BCUT2D eigenvalue weighted by molar-refractivity contribution is -0.129. The third-order valence-corrected chi connectivity index (χ3v) is 2.77. The zero-order chi connectivity index (χ0) is 9.84. The van der Waals surface area contributed by atoms with Crippen LogP contribution in [-0.2, 0) is 4.79 Å². The van der Waals surface area contributed by atoms with Gasteiger partial charge in [0.05, 0.1) is 0 Å². The summed E-state index contributed by atoms with van der Waals surface area (Å²) < 4.78 is 0. The summed E-state index contributed by atoms with van der Waals surface area (Å²) in [6.07, 6.45) is 1.60. The molecular formula is C10H14BrNO. The van der Waals surface area contributed by atoms with Crippen molar-refractivity contribution < 1.29 is 4.79 Å². The second kappa shape index (κ2) is 4.66. The standard InChI is InChI=1S/C10H14BrNO/c1-3-8(2)12-7-9(4-5-11)6-10(12)13/h8-9H,3,6-7H2,1-2H3/t8-,9?/m0/s1. The largest absolute Gasteiger partial charge is 0.339 e. The molecule has 3 heteroatoms. The first-order chi connectivity index (χ1) is 6.19. The Morgan fingerprint density at radius 1 is 1.77 bits per heavy atom. The predicted octanol–water partition coefficient (Wildman–Crippen LogP) is 1.99. The van der Waals surface area contributed by atoms with Crippen LogP contribution in [0.25, 0.3) is 0 Å². The molecular weight excluding hydrogens is 230 g/mol. The summed E-state index contributed by atoms with van der Waals surface area (Å²) >= 11 is 3.06. The number of hydrogen-bond acceptors (Lipinski definition) is 1. The molecule has 1 aliphatic rings. The number of hydrogen-bond donors (Lipinski definition) is 0. The smallest absolute Gasteiger partial charge is 0.224 e. The summed E-state index contributed by atoms with van der Waals surface area (Å²) in [6.45, 7) is 4.98. The minimum Gasteiger partial charge on any atom is -0.339 e. The van der Waals surface area contributed by atoms with Gasteiger partial charge in [0.15, 0.2) is 0 Å². The van der Waals surface area contributed by atoms with Gasteiger partial charge < -0.3 is 4.90 Å². The molecule has 0 radical (unpaired) electrons. The average Bonchev–Trinajstić information content (AvgIpc) is 2.46. The molecule has 1 rings (SSSR count). The van der Waals surface area contributed by atoms with E-state index in [1.165, 1.54) is 0 Å². The van der Waals surface area contributed by atoms with Gasteiger partial charge in [-0.25, -0.2) is 0 Å². The van der Waals surface area contributed by atoms with E-state index in [4.69, 9.17) is 0 Å². The average molecular weight is 244 g/mol. The van der Waals surface area contributed by atoms with Gasteiger partial charge in [-0.1, -0.05) is 12.8 Å². The zero-order valence-electron chi connectivity index (χ0n) is 8.01. The molecule has 1 fully saturated rings. The predicted molar refractivity (Wildman–Crippen MR) is 56.3 cm³/mol. The normalized spacial score (nSPS) is 24.1. The van der Waals surface area contributed by atoms with Crippen LogP contribution in [0.2, 0.25) is 0 Å². The number of likely N-dealkylation sites (tertiary alicyclic amines) is 1. The Bertz CT molecular complexity index is 253. The van der Waals surface area contributed by atoms with Crippen LogP contribution in [0.1, 0.15) is 26.7 Å². The first-order valence-corrected chi connectivity index (χ1v) is 5.39. The molecule has 0 N–H and O–H groups in total. The minimum atomic E-state index is 0.223. The van der Waals surface area contributed by atoms with Crippen LogP contribution in [-0.4, -0.2) is 23.4 Å². The fourth-order valence-electron chi connectivity index (χ4n) is 1.55. The highest BCUT2D eigenvalue weighted by Crippen LogP contribution is 2.20. The lowest BCUT2D eigenvalue weighted by atomic mass is 10.1. The Balaban J connectivity index is 2.59.